The maximum Gasteiger partial charge on any atom is 0.251 e. The number of aliphatic imine (C=N–C) groups is 1. The number of hydrogen-bond acceptors (Lipinski definition) is 14. The Morgan fingerprint density at radius 2 is 1.27 bits per heavy atom. The number of likely N-dealkylation sites (tertiary alicyclic amines) is 1. The molecule has 0 unspecified atom stereocenters. The third-order valence-electron chi connectivity index (χ3n) is 12.8. The van der Waals surface area contributed by atoms with Crippen LogP contribution < -0.4 is 60.2 Å². The van der Waals surface area contributed by atoms with Crippen molar-refractivity contribution < 1.29 is 53.4 Å². The molecule has 1 aliphatic heterocycles. The van der Waals surface area contributed by atoms with Crippen molar-refractivity contribution >= 4 is 70.0 Å². The molecule has 428 valence electrons. The molecule has 78 heavy (non-hydrogen) atoms. The smallest absolute Gasteiger partial charge is 0.251 e. The Morgan fingerprint density at radius 3 is 1.88 bits per heavy atom. The van der Waals surface area contributed by atoms with Gasteiger partial charge in [-0.15, -0.1) is 0 Å². The Morgan fingerprint density at radius 1 is 0.705 bits per heavy atom. The lowest BCUT2D eigenvalue weighted by Crippen LogP contribution is -2.63. The number of carbonyl (C=O) groups is 9. The van der Waals surface area contributed by atoms with Crippen molar-refractivity contribution in [1.82, 2.24) is 52.3 Å². The molecule has 9 atom stereocenters. The fraction of sp³-hybridized carbons (Fsp3) is 0.558. The number of carbonyl (C=O) groups excluding carboxylic acids is 9. The SMILES string of the molecule is CC(C)C[C@H](NC(=O)[C@H](CC(N)=O)NC(=O)[C@H](CC(C)C)NC(=O)[C@@H](NC(=O)[C@@H](NC(=O)[C@@H]1CCCN1C(=O)[C@@H](N)CCCN=C(N)N)[C@@H](C)O)[C@@H](C)O)C(=O)NCCCNC(=O)c1ccc(-c2n[nH]c3ccccc23)cc1. The number of guanidine groups is 1. The third kappa shape index (κ3) is 19.1. The summed E-state index contributed by atoms with van der Waals surface area (Å²) >= 11 is 0. The molecule has 9 amide bonds. The molecule has 26 heteroatoms. The van der Waals surface area contributed by atoms with Gasteiger partial charge in [-0.3, -0.25) is 53.2 Å². The van der Waals surface area contributed by atoms with E-state index < -0.39 is 108 Å². The number of nitrogens with two attached hydrogens (primary N) is 4. The molecule has 1 fully saturated rings. The largest absolute Gasteiger partial charge is 0.391 e. The molecule has 1 aromatic heterocycles. The Labute approximate surface area is 453 Å². The maximum absolute atomic E-state index is 14.0. The van der Waals surface area contributed by atoms with Gasteiger partial charge in [0.25, 0.3) is 5.91 Å². The minimum absolute atomic E-state index is 0.0412. The average molecular weight is 1090 g/mol. The second-order valence-electron chi connectivity index (χ2n) is 20.4. The van der Waals surface area contributed by atoms with Crippen LogP contribution in [0.1, 0.15) is 103 Å². The molecule has 0 saturated carbocycles. The van der Waals surface area contributed by atoms with Crippen LogP contribution in [0.3, 0.4) is 0 Å². The number of benzene rings is 2. The number of hydrogen-bond donors (Lipinski definition) is 14. The van der Waals surface area contributed by atoms with Gasteiger partial charge in [-0.05, 0) is 88.8 Å². The molecular weight excluding hydrogens is 1010 g/mol. The summed E-state index contributed by atoms with van der Waals surface area (Å²) in [5.74, 6) is -7.64. The maximum atomic E-state index is 14.0. The van der Waals surface area contributed by atoms with Gasteiger partial charge in [-0.25, -0.2) is 0 Å². The van der Waals surface area contributed by atoms with Crippen molar-refractivity contribution in [3.05, 3.63) is 54.1 Å². The predicted octanol–water partition coefficient (Wildman–Crippen LogP) is -2.01. The van der Waals surface area contributed by atoms with Gasteiger partial charge >= 0.3 is 0 Å². The number of nitrogens with zero attached hydrogens (tertiary/aromatic N) is 3. The van der Waals surface area contributed by atoms with E-state index in [1.807, 2.05) is 50.2 Å². The molecule has 0 bridgehead atoms. The lowest BCUT2D eigenvalue weighted by Gasteiger charge is -2.30. The topological polar surface area (TPSA) is 427 Å². The molecule has 0 aliphatic carbocycles. The first-order chi connectivity index (χ1) is 36.9. The Hall–Kier alpha value is -7.71. The van der Waals surface area contributed by atoms with E-state index in [4.69, 9.17) is 22.9 Å². The zero-order chi connectivity index (χ0) is 57.8. The van der Waals surface area contributed by atoms with Crippen LogP contribution in [0.25, 0.3) is 22.2 Å². The van der Waals surface area contributed by atoms with Crippen molar-refractivity contribution in [2.45, 2.75) is 147 Å². The van der Waals surface area contributed by atoms with E-state index in [1.54, 1.807) is 26.0 Å². The first-order valence-corrected chi connectivity index (χ1v) is 26.2. The van der Waals surface area contributed by atoms with Crippen molar-refractivity contribution in [3.63, 3.8) is 0 Å². The number of aromatic amines is 1. The summed E-state index contributed by atoms with van der Waals surface area (Å²) in [6.07, 6.45) is -2.09. The molecule has 18 N–H and O–H groups in total. The highest BCUT2D eigenvalue weighted by atomic mass is 16.3. The van der Waals surface area contributed by atoms with Gasteiger partial charge in [0.2, 0.25) is 47.3 Å². The van der Waals surface area contributed by atoms with Gasteiger partial charge in [0.1, 0.15) is 36.3 Å². The van der Waals surface area contributed by atoms with E-state index in [2.05, 4.69) is 52.4 Å². The van der Waals surface area contributed by atoms with Gasteiger partial charge in [-0.2, -0.15) is 5.10 Å². The van der Waals surface area contributed by atoms with Crippen LogP contribution in [-0.2, 0) is 38.4 Å². The van der Waals surface area contributed by atoms with Crippen molar-refractivity contribution in [2.75, 3.05) is 26.2 Å². The van der Waals surface area contributed by atoms with E-state index in [1.165, 1.54) is 18.7 Å². The van der Waals surface area contributed by atoms with E-state index in [-0.39, 0.29) is 75.6 Å². The van der Waals surface area contributed by atoms with Crippen LogP contribution in [0.5, 0.6) is 0 Å². The normalized spacial score (nSPS) is 16.3. The van der Waals surface area contributed by atoms with Crippen molar-refractivity contribution in [3.8, 4) is 11.3 Å². The number of aromatic nitrogens is 2. The molecule has 1 saturated heterocycles. The van der Waals surface area contributed by atoms with Crippen LogP contribution in [0.2, 0.25) is 0 Å². The van der Waals surface area contributed by atoms with Crippen LogP contribution in [0.15, 0.2) is 53.5 Å². The zero-order valence-electron chi connectivity index (χ0n) is 45.2. The summed E-state index contributed by atoms with van der Waals surface area (Å²) in [7, 11) is 0. The van der Waals surface area contributed by atoms with Crippen LogP contribution in [0, 0.1) is 11.8 Å². The Bertz CT molecular complexity index is 2580. The lowest BCUT2D eigenvalue weighted by molar-refractivity contribution is -0.142. The minimum atomic E-state index is -1.76. The second-order valence-corrected chi connectivity index (χ2v) is 20.4. The van der Waals surface area contributed by atoms with Crippen molar-refractivity contribution in [1.29, 1.82) is 0 Å². The molecule has 1 aliphatic rings. The highest BCUT2D eigenvalue weighted by Crippen LogP contribution is 2.26. The minimum Gasteiger partial charge on any atom is -0.391 e. The monoisotopic (exact) mass is 1090 g/mol. The van der Waals surface area contributed by atoms with Crippen LogP contribution in [-0.4, -0.2) is 165 Å². The number of nitrogens with one attached hydrogen (secondary N) is 8. The summed E-state index contributed by atoms with van der Waals surface area (Å²) < 4.78 is 0. The summed E-state index contributed by atoms with van der Waals surface area (Å²) in [6.45, 7) is 10.3. The Kier molecular flexibility index (Phi) is 24.4. The molecule has 4 rings (SSSR count). The number of rotatable bonds is 30. The molecule has 3 aromatic rings. The zero-order valence-corrected chi connectivity index (χ0v) is 45.2. The van der Waals surface area contributed by atoms with E-state index in [0.717, 1.165) is 22.2 Å². The van der Waals surface area contributed by atoms with Crippen LogP contribution in [0.4, 0.5) is 0 Å². The highest BCUT2D eigenvalue weighted by molar-refractivity contribution is 5.99. The number of aliphatic hydroxyl groups is 2. The lowest BCUT2D eigenvalue weighted by atomic mass is 10.0. The Balaban J connectivity index is 1.35. The predicted molar refractivity (Wildman–Crippen MR) is 290 cm³/mol. The fourth-order valence-electron chi connectivity index (χ4n) is 8.77. The molecule has 0 radical (unpaired) electrons. The standard InChI is InChI=1S/C52H79N15O11/c1-27(2)24-36(45(72)58-22-11-21-57-44(71)32-18-16-31(17-19-32)43-33-12-7-8-14-35(33)65-66-43)60-47(74)38(26-40(54)70)61-46(73)37(25-28(3)4)62-49(76)41(29(5)68)64-50(77)42(30(6)69)63-48(75)39-15-10-23-67(39)51(78)34(53)13-9-20-59-52(55)56/h7-8,12,14,16-19,27-30,34,36-39,41-42,68-69H,9-11,13,15,20-26,53H2,1-6H3,(H2,54,70)(H,57,71)(H,58,72)(H,60,74)(H,61,73)(H,62,76)(H,63,75)(H,64,77)(H,65,66)(H4,55,56,59)/t29-,30-,34+,36+,37+,38+,39+,41+,42+/m1/s1. The summed E-state index contributed by atoms with van der Waals surface area (Å²) in [4.78, 5) is 126. The molecule has 2 heterocycles. The highest BCUT2D eigenvalue weighted by Gasteiger charge is 2.40. The number of primary amides is 1. The second kappa shape index (κ2) is 30.3. The van der Waals surface area contributed by atoms with E-state index >= 15 is 0 Å². The van der Waals surface area contributed by atoms with Gasteiger partial charge in [0, 0.05) is 42.7 Å². The first-order valence-electron chi connectivity index (χ1n) is 26.2. The molecule has 2 aromatic carbocycles. The van der Waals surface area contributed by atoms with Gasteiger partial charge in [-0.1, -0.05) is 58.0 Å². The van der Waals surface area contributed by atoms with E-state index in [9.17, 15) is 53.4 Å². The number of H-pyrrole nitrogens is 1. The van der Waals surface area contributed by atoms with E-state index in [0.29, 0.717) is 24.8 Å². The first kappa shape index (κ1) is 62.8. The number of para-hydroxylation sites is 1. The van der Waals surface area contributed by atoms with Gasteiger partial charge in [0.05, 0.1) is 35.9 Å². The quantitative estimate of drug-likeness (QED) is 0.0195. The average Bonchev–Trinajstić information content (AvgIpc) is 4.07. The van der Waals surface area contributed by atoms with Gasteiger partial charge in [0.15, 0.2) is 5.96 Å². The summed E-state index contributed by atoms with van der Waals surface area (Å²) in [5, 5.41) is 47.7. The van der Waals surface area contributed by atoms with Gasteiger partial charge < -0.3 is 75.3 Å². The fourth-order valence-corrected chi connectivity index (χ4v) is 8.77. The van der Waals surface area contributed by atoms with Crippen molar-refractivity contribution in [2.24, 2.45) is 39.8 Å². The number of fused-ring (bicyclic) bond motifs is 1. The number of aliphatic hydroxyl groups excluding tert-OH is 2. The molecule has 26 nitrogen and oxygen atoms in total. The third-order valence-corrected chi connectivity index (χ3v) is 12.8. The number of amides is 9. The summed E-state index contributed by atoms with van der Waals surface area (Å²) in [6, 6.07) is 5.09. The van der Waals surface area contributed by atoms with Crippen LogP contribution >= 0.6 is 0 Å². The molecular formula is C52H79N15O11. The summed E-state index contributed by atoms with van der Waals surface area (Å²) in [5.41, 5.74) is 25.3. The molecule has 0 spiro atoms.